The molecule has 0 aliphatic rings. The number of rotatable bonds is 4. The smallest absolute Gasteiger partial charge is 0.274 e. The molecule has 0 saturated carbocycles. The Bertz CT molecular complexity index is 1190. The van der Waals surface area contributed by atoms with Gasteiger partial charge in [-0.15, -0.1) is 0 Å². The minimum Gasteiger partial charge on any atom is -0.318 e. The second-order valence-electron chi connectivity index (χ2n) is 6.25. The molecule has 1 N–H and O–H groups in total. The molecule has 0 spiro atoms. The molecule has 1 heterocycles. The molecule has 1 aromatic heterocycles. The van der Waals surface area contributed by atoms with Crippen molar-refractivity contribution in [1.82, 2.24) is 9.78 Å². The molecule has 7 heteroatoms. The Morgan fingerprint density at radius 1 is 0.931 bits per heavy atom. The number of carbonyl (C=O) groups is 1. The number of halogens is 3. The Balaban J connectivity index is 1.79. The van der Waals surface area contributed by atoms with Gasteiger partial charge >= 0.3 is 0 Å². The number of nitrogens with one attached hydrogen (secondary N) is 1. The number of nitrogens with zero attached hydrogens (tertiary/aromatic N) is 2. The zero-order valence-electron chi connectivity index (χ0n) is 14.9. The van der Waals surface area contributed by atoms with Crippen molar-refractivity contribution in [2.45, 2.75) is 0 Å². The van der Waals surface area contributed by atoms with E-state index in [1.165, 1.54) is 35.0 Å². The van der Waals surface area contributed by atoms with Gasteiger partial charge in [-0.2, -0.15) is 5.10 Å². The van der Waals surface area contributed by atoms with Crippen LogP contribution in [0.2, 0.25) is 5.02 Å². The molecule has 144 valence electrons. The molecule has 29 heavy (non-hydrogen) atoms. The van der Waals surface area contributed by atoms with E-state index in [4.69, 9.17) is 11.6 Å². The lowest BCUT2D eigenvalue weighted by Crippen LogP contribution is -2.17. The minimum absolute atomic E-state index is 0.0553. The Hall–Kier alpha value is -3.51. The predicted molar refractivity (Wildman–Crippen MR) is 108 cm³/mol. The fourth-order valence-electron chi connectivity index (χ4n) is 2.86. The van der Waals surface area contributed by atoms with Crippen LogP contribution in [-0.4, -0.2) is 15.7 Å². The van der Waals surface area contributed by atoms with Gasteiger partial charge < -0.3 is 5.32 Å². The third kappa shape index (κ3) is 4.02. The van der Waals surface area contributed by atoms with E-state index < -0.39 is 11.7 Å². The summed E-state index contributed by atoms with van der Waals surface area (Å²) in [6.45, 7) is 0. The van der Waals surface area contributed by atoms with Gasteiger partial charge in [0.25, 0.3) is 5.91 Å². The minimum atomic E-state index is -0.548. The van der Waals surface area contributed by atoms with E-state index in [0.29, 0.717) is 22.0 Å². The summed E-state index contributed by atoms with van der Waals surface area (Å²) in [6.07, 6.45) is 0. The van der Waals surface area contributed by atoms with E-state index in [1.807, 2.05) is 0 Å². The van der Waals surface area contributed by atoms with Crippen molar-refractivity contribution in [1.29, 1.82) is 0 Å². The Labute approximate surface area is 170 Å². The lowest BCUT2D eigenvalue weighted by atomic mass is 10.1. The van der Waals surface area contributed by atoms with Crippen molar-refractivity contribution in [2.24, 2.45) is 0 Å². The first-order valence-corrected chi connectivity index (χ1v) is 9.07. The summed E-state index contributed by atoms with van der Waals surface area (Å²) in [5, 5.41) is 7.52. The summed E-state index contributed by atoms with van der Waals surface area (Å²) in [6, 6.07) is 20.0. The zero-order valence-corrected chi connectivity index (χ0v) is 15.7. The van der Waals surface area contributed by atoms with Crippen LogP contribution in [0.5, 0.6) is 0 Å². The topological polar surface area (TPSA) is 46.9 Å². The number of anilines is 1. The molecule has 0 bridgehead atoms. The van der Waals surface area contributed by atoms with E-state index in [2.05, 4.69) is 10.4 Å². The largest absolute Gasteiger partial charge is 0.318 e. The Morgan fingerprint density at radius 2 is 1.69 bits per heavy atom. The highest BCUT2D eigenvalue weighted by atomic mass is 35.5. The van der Waals surface area contributed by atoms with Crippen LogP contribution in [0, 0.1) is 11.6 Å². The number of benzene rings is 3. The average molecular weight is 410 g/mol. The third-order valence-corrected chi connectivity index (χ3v) is 4.49. The van der Waals surface area contributed by atoms with E-state index in [1.54, 1.807) is 48.5 Å². The number of hydrogen-bond donors (Lipinski definition) is 1. The van der Waals surface area contributed by atoms with Gasteiger partial charge in [-0.3, -0.25) is 4.79 Å². The second kappa shape index (κ2) is 7.85. The molecular formula is C22H14ClF2N3O. The maximum atomic E-state index is 14.0. The number of amides is 1. The molecule has 1 amide bonds. The zero-order chi connectivity index (χ0) is 20.4. The molecule has 4 rings (SSSR count). The summed E-state index contributed by atoms with van der Waals surface area (Å²) in [7, 11) is 0. The lowest BCUT2D eigenvalue weighted by Gasteiger charge is -2.09. The van der Waals surface area contributed by atoms with Crippen LogP contribution in [0.1, 0.15) is 10.5 Å². The normalized spacial score (nSPS) is 10.7. The molecule has 0 aliphatic heterocycles. The number of carbonyl (C=O) groups excluding carboxylic acids is 1. The van der Waals surface area contributed by atoms with Crippen LogP contribution in [0.3, 0.4) is 0 Å². The van der Waals surface area contributed by atoms with Crippen molar-refractivity contribution in [3.8, 4) is 16.9 Å². The van der Waals surface area contributed by atoms with Crippen LogP contribution in [0.15, 0.2) is 78.9 Å². The Kier molecular flexibility index (Phi) is 5.10. The molecule has 0 saturated heterocycles. The van der Waals surface area contributed by atoms with Crippen molar-refractivity contribution >= 4 is 23.2 Å². The van der Waals surface area contributed by atoms with Crippen LogP contribution in [0.25, 0.3) is 16.9 Å². The molecule has 4 nitrogen and oxygen atoms in total. The summed E-state index contributed by atoms with van der Waals surface area (Å²) >= 11 is 6.09. The van der Waals surface area contributed by atoms with Gasteiger partial charge in [-0.05, 0) is 60.7 Å². The molecule has 0 radical (unpaired) electrons. The molecule has 0 unspecified atom stereocenters. The van der Waals surface area contributed by atoms with Gasteiger partial charge in [-0.25, -0.2) is 13.5 Å². The predicted octanol–water partition coefficient (Wildman–Crippen LogP) is 5.72. The maximum Gasteiger partial charge on any atom is 0.274 e. The van der Waals surface area contributed by atoms with Gasteiger partial charge in [0.1, 0.15) is 17.3 Å². The molecule has 3 aromatic carbocycles. The maximum absolute atomic E-state index is 14.0. The summed E-state index contributed by atoms with van der Waals surface area (Å²) in [5.74, 6) is -1.47. The van der Waals surface area contributed by atoms with Crippen molar-refractivity contribution in [3.05, 3.63) is 101 Å². The Morgan fingerprint density at radius 3 is 2.41 bits per heavy atom. The van der Waals surface area contributed by atoms with E-state index >= 15 is 0 Å². The first-order valence-electron chi connectivity index (χ1n) is 8.69. The van der Waals surface area contributed by atoms with Crippen LogP contribution >= 0.6 is 11.6 Å². The molecule has 4 aromatic rings. The van der Waals surface area contributed by atoms with Gasteiger partial charge in [-0.1, -0.05) is 29.8 Å². The average Bonchev–Trinajstić information content (AvgIpc) is 3.16. The summed E-state index contributed by atoms with van der Waals surface area (Å²) in [5.41, 5.74) is 1.88. The summed E-state index contributed by atoms with van der Waals surface area (Å²) < 4.78 is 28.6. The van der Waals surface area contributed by atoms with Crippen molar-refractivity contribution in [3.63, 3.8) is 0 Å². The van der Waals surface area contributed by atoms with Gasteiger partial charge in [0.05, 0.1) is 17.1 Å². The van der Waals surface area contributed by atoms with E-state index in [0.717, 1.165) is 0 Å². The van der Waals surface area contributed by atoms with Crippen molar-refractivity contribution < 1.29 is 13.6 Å². The molecule has 0 atom stereocenters. The van der Waals surface area contributed by atoms with Gasteiger partial charge in [0, 0.05) is 10.6 Å². The summed E-state index contributed by atoms with van der Waals surface area (Å²) in [4.78, 5) is 12.9. The third-order valence-electron chi connectivity index (χ3n) is 4.26. The van der Waals surface area contributed by atoms with Crippen LogP contribution in [-0.2, 0) is 0 Å². The second-order valence-corrected chi connectivity index (χ2v) is 6.68. The standard InChI is InChI=1S/C22H14ClF2N3O/c23-15-4-3-5-17(12-15)28-21(22(29)26-19-7-2-1-6-18(19)25)13-20(27-28)14-8-10-16(24)11-9-14/h1-13H,(H,26,29). The monoisotopic (exact) mass is 409 g/mol. The first kappa shape index (κ1) is 18.8. The van der Waals surface area contributed by atoms with E-state index in [-0.39, 0.29) is 17.2 Å². The van der Waals surface area contributed by atoms with Crippen LogP contribution < -0.4 is 5.32 Å². The highest BCUT2D eigenvalue weighted by molar-refractivity contribution is 6.30. The molecular weight excluding hydrogens is 396 g/mol. The fourth-order valence-corrected chi connectivity index (χ4v) is 3.04. The SMILES string of the molecule is O=C(Nc1ccccc1F)c1cc(-c2ccc(F)cc2)nn1-c1cccc(Cl)c1. The van der Waals surface area contributed by atoms with Gasteiger partial charge in [0.2, 0.25) is 0 Å². The molecule has 0 aliphatic carbocycles. The highest BCUT2D eigenvalue weighted by Crippen LogP contribution is 2.24. The number of hydrogen-bond acceptors (Lipinski definition) is 2. The van der Waals surface area contributed by atoms with Crippen LogP contribution in [0.4, 0.5) is 14.5 Å². The number of aromatic nitrogens is 2. The van der Waals surface area contributed by atoms with Gasteiger partial charge in [0.15, 0.2) is 0 Å². The number of para-hydroxylation sites is 1. The quantitative estimate of drug-likeness (QED) is 0.468. The highest BCUT2D eigenvalue weighted by Gasteiger charge is 2.19. The fraction of sp³-hybridized carbons (Fsp3) is 0. The van der Waals surface area contributed by atoms with Crippen molar-refractivity contribution in [2.75, 3.05) is 5.32 Å². The first-order chi connectivity index (χ1) is 14.0. The van der Waals surface area contributed by atoms with E-state index in [9.17, 15) is 13.6 Å². The lowest BCUT2D eigenvalue weighted by molar-refractivity contribution is 0.101. The molecule has 0 fully saturated rings.